The molecule has 1 aromatic carbocycles. The first-order valence-corrected chi connectivity index (χ1v) is 6.47. The molecule has 0 aromatic heterocycles. The van der Waals surface area contributed by atoms with E-state index in [2.05, 4.69) is 17.3 Å². The van der Waals surface area contributed by atoms with Gasteiger partial charge in [-0.1, -0.05) is 6.07 Å². The van der Waals surface area contributed by atoms with Gasteiger partial charge in [0.15, 0.2) is 11.5 Å². The number of hydrogen-bond acceptors (Lipinski definition) is 4. The van der Waals surface area contributed by atoms with Crippen molar-refractivity contribution in [3.05, 3.63) is 23.8 Å². The maximum atomic E-state index is 9.53. The quantitative estimate of drug-likeness (QED) is 0.851. The van der Waals surface area contributed by atoms with Crippen molar-refractivity contribution in [3.8, 4) is 11.5 Å². The van der Waals surface area contributed by atoms with Crippen LogP contribution in [-0.2, 0) is 6.54 Å². The molecule has 1 aliphatic rings. The normalized spacial score (nSPS) is 17.9. The second-order valence-corrected chi connectivity index (χ2v) is 4.96. The molecule has 0 spiro atoms. The Kier molecular flexibility index (Phi) is 4.44. The number of hydrogen-bond donors (Lipinski definition) is 2. The molecule has 2 rings (SSSR count). The average molecular weight is 250 g/mol. The van der Waals surface area contributed by atoms with Crippen molar-refractivity contribution < 1.29 is 9.84 Å². The third-order valence-corrected chi connectivity index (χ3v) is 3.56. The van der Waals surface area contributed by atoms with Crippen LogP contribution in [0.3, 0.4) is 0 Å². The summed E-state index contributed by atoms with van der Waals surface area (Å²) in [4.78, 5) is 2.36. The van der Waals surface area contributed by atoms with E-state index in [-0.39, 0.29) is 5.75 Å². The minimum absolute atomic E-state index is 0.195. The van der Waals surface area contributed by atoms with Gasteiger partial charge in [0.1, 0.15) is 0 Å². The van der Waals surface area contributed by atoms with Crippen LogP contribution in [-0.4, -0.2) is 43.3 Å². The summed E-state index contributed by atoms with van der Waals surface area (Å²) in [5.74, 6) is 0.734. The van der Waals surface area contributed by atoms with Gasteiger partial charge in [-0.3, -0.25) is 0 Å². The first kappa shape index (κ1) is 13.2. The number of ether oxygens (including phenoxy) is 1. The van der Waals surface area contributed by atoms with E-state index in [4.69, 9.17) is 4.74 Å². The number of methoxy groups -OCH3 is 1. The van der Waals surface area contributed by atoms with E-state index >= 15 is 0 Å². The second kappa shape index (κ2) is 6.07. The predicted molar refractivity (Wildman–Crippen MR) is 72.0 cm³/mol. The summed E-state index contributed by atoms with van der Waals surface area (Å²) >= 11 is 0. The Bertz CT molecular complexity index is 387. The van der Waals surface area contributed by atoms with Gasteiger partial charge in [0.05, 0.1) is 7.11 Å². The van der Waals surface area contributed by atoms with Gasteiger partial charge in [0.25, 0.3) is 0 Å². The highest BCUT2D eigenvalue weighted by Crippen LogP contribution is 2.26. The Morgan fingerprint density at radius 1 is 1.39 bits per heavy atom. The van der Waals surface area contributed by atoms with Crippen LogP contribution in [0.25, 0.3) is 0 Å². The number of phenols is 1. The Morgan fingerprint density at radius 3 is 2.78 bits per heavy atom. The van der Waals surface area contributed by atoms with Gasteiger partial charge in [0.2, 0.25) is 0 Å². The lowest BCUT2D eigenvalue weighted by Gasteiger charge is -2.29. The lowest BCUT2D eigenvalue weighted by atomic mass is 10.1. The molecule has 4 heteroatoms. The Hall–Kier alpha value is -1.26. The number of nitrogens with zero attached hydrogens (tertiary/aromatic N) is 1. The van der Waals surface area contributed by atoms with Crippen molar-refractivity contribution in [2.24, 2.45) is 0 Å². The molecule has 0 aliphatic carbocycles. The van der Waals surface area contributed by atoms with E-state index in [1.165, 1.54) is 12.8 Å². The average Bonchev–Trinajstić information content (AvgIpc) is 2.39. The molecule has 0 amide bonds. The van der Waals surface area contributed by atoms with Gasteiger partial charge < -0.3 is 20.1 Å². The monoisotopic (exact) mass is 250 g/mol. The summed E-state index contributed by atoms with van der Waals surface area (Å²) in [6.07, 6.45) is 2.40. The standard InChI is InChI=1S/C14H22N2O2/c1-16-7-5-12(6-8-16)15-10-11-3-4-13(17)14(9-11)18-2/h3-4,9,12,15,17H,5-8,10H2,1-2H3. The smallest absolute Gasteiger partial charge is 0.160 e. The second-order valence-electron chi connectivity index (χ2n) is 4.96. The molecular formula is C14H22N2O2. The van der Waals surface area contributed by atoms with Gasteiger partial charge in [-0.05, 0) is 50.7 Å². The number of piperidine rings is 1. The molecule has 1 saturated heterocycles. The van der Waals surface area contributed by atoms with Gasteiger partial charge >= 0.3 is 0 Å². The van der Waals surface area contributed by atoms with E-state index < -0.39 is 0 Å². The molecule has 2 N–H and O–H groups in total. The van der Waals surface area contributed by atoms with Crippen LogP contribution in [0.2, 0.25) is 0 Å². The fourth-order valence-electron chi connectivity index (χ4n) is 2.31. The van der Waals surface area contributed by atoms with Gasteiger partial charge in [-0.2, -0.15) is 0 Å². The maximum absolute atomic E-state index is 9.53. The molecule has 0 bridgehead atoms. The van der Waals surface area contributed by atoms with Crippen LogP contribution in [0.4, 0.5) is 0 Å². The van der Waals surface area contributed by atoms with Crippen LogP contribution < -0.4 is 10.1 Å². The number of phenolic OH excluding ortho intramolecular Hbond substituents is 1. The molecule has 0 unspecified atom stereocenters. The van der Waals surface area contributed by atoms with Crippen molar-refractivity contribution in [2.75, 3.05) is 27.2 Å². The van der Waals surface area contributed by atoms with E-state index in [9.17, 15) is 5.11 Å². The van der Waals surface area contributed by atoms with Gasteiger partial charge in [-0.15, -0.1) is 0 Å². The number of benzene rings is 1. The van der Waals surface area contributed by atoms with Crippen molar-refractivity contribution in [1.82, 2.24) is 10.2 Å². The summed E-state index contributed by atoms with van der Waals surface area (Å²) in [5, 5.41) is 13.1. The largest absolute Gasteiger partial charge is 0.504 e. The molecule has 0 radical (unpaired) electrons. The zero-order chi connectivity index (χ0) is 13.0. The molecule has 1 aliphatic heterocycles. The summed E-state index contributed by atoms with van der Waals surface area (Å²) in [6.45, 7) is 3.15. The number of likely N-dealkylation sites (tertiary alicyclic amines) is 1. The lowest BCUT2D eigenvalue weighted by molar-refractivity contribution is 0.234. The zero-order valence-corrected chi connectivity index (χ0v) is 11.1. The molecule has 18 heavy (non-hydrogen) atoms. The van der Waals surface area contributed by atoms with Crippen LogP contribution in [0.5, 0.6) is 11.5 Å². The summed E-state index contributed by atoms with van der Waals surface area (Å²) in [7, 11) is 3.74. The molecule has 4 nitrogen and oxygen atoms in total. The van der Waals surface area contributed by atoms with Crippen molar-refractivity contribution >= 4 is 0 Å². The first-order valence-electron chi connectivity index (χ1n) is 6.47. The number of rotatable bonds is 4. The van der Waals surface area contributed by atoms with Crippen molar-refractivity contribution in [1.29, 1.82) is 0 Å². The third-order valence-electron chi connectivity index (χ3n) is 3.56. The number of nitrogens with one attached hydrogen (secondary N) is 1. The summed E-state index contributed by atoms with van der Waals surface area (Å²) in [5.41, 5.74) is 1.14. The predicted octanol–water partition coefficient (Wildman–Crippen LogP) is 1.58. The molecule has 1 aromatic rings. The van der Waals surface area contributed by atoms with Crippen LogP contribution in [0.1, 0.15) is 18.4 Å². The maximum Gasteiger partial charge on any atom is 0.160 e. The zero-order valence-electron chi connectivity index (χ0n) is 11.1. The highest BCUT2D eigenvalue weighted by molar-refractivity contribution is 5.41. The van der Waals surface area contributed by atoms with Crippen molar-refractivity contribution in [2.45, 2.75) is 25.4 Å². The Balaban J connectivity index is 1.86. The lowest BCUT2D eigenvalue weighted by Crippen LogP contribution is -2.40. The van der Waals surface area contributed by atoms with Crippen LogP contribution >= 0.6 is 0 Å². The molecule has 0 atom stereocenters. The molecule has 0 saturated carbocycles. The van der Waals surface area contributed by atoms with E-state index in [1.54, 1.807) is 13.2 Å². The van der Waals surface area contributed by atoms with E-state index in [0.717, 1.165) is 25.2 Å². The summed E-state index contributed by atoms with van der Waals surface area (Å²) < 4.78 is 5.11. The highest BCUT2D eigenvalue weighted by atomic mass is 16.5. The van der Waals surface area contributed by atoms with Crippen LogP contribution in [0, 0.1) is 0 Å². The van der Waals surface area contributed by atoms with Gasteiger partial charge in [-0.25, -0.2) is 0 Å². The van der Waals surface area contributed by atoms with Gasteiger partial charge in [0, 0.05) is 12.6 Å². The first-order chi connectivity index (χ1) is 8.69. The minimum Gasteiger partial charge on any atom is -0.504 e. The molecule has 100 valence electrons. The molecular weight excluding hydrogens is 228 g/mol. The van der Waals surface area contributed by atoms with Crippen molar-refractivity contribution in [3.63, 3.8) is 0 Å². The van der Waals surface area contributed by atoms with E-state index in [0.29, 0.717) is 11.8 Å². The number of aromatic hydroxyl groups is 1. The fraction of sp³-hybridized carbons (Fsp3) is 0.571. The molecule has 1 heterocycles. The van der Waals surface area contributed by atoms with Crippen LogP contribution in [0.15, 0.2) is 18.2 Å². The minimum atomic E-state index is 0.195. The topological polar surface area (TPSA) is 44.7 Å². The highest BCUT2D eigenvalue weighted by Gasteiger charge is 2.15. The third kappa shape index (κ3) is 3.37. The fourth-order valence-corrected chi connectivity index (χ4v) is 2.31. The SMILES string of the molecule is COc1cc(CNC2CCN(C)CC2)ccc1O. The summed E-state index contributed by atoms with van der Waals surface area (Å²) in [6, 6.07) is 6.10. The Morgan fingerprint density at radius 2 is 2.11 bits per heavy atom. The molecule has 1 fully saturated rings. The Labute approximate surface area is 109 Å². The van der Waals surface area contributed by atoms with E-state index in [1.807, 2.05) is 12.1 Å².